The molecule has 0 saturated carbocycles. The molecule has 2 rings (SSSR count). The van der Waals surface area contributed by atoms with Crippen LogP contribution in [0.2, 0.25) is 5.02 Å². The second kappa shape index (κ2) is 9.01. The molecular formula is C20H22ClF2N3O2. The molecule has 8 heteroatoms. The van der Waals surface area contributed by atoms with Gasteiger partial charge in [-0.2, -0.15) is 0 Å². The van der Waals surface area contributed by atoms with Crippen molar-refractivity contribution < 1.29 is 18.3 Å². The minimum Gasteiger partial charge on any atom is -0.437 e. The maximum atomic E-state index is 14.1. The van der Waals surface area contributed by atoms with E-state index in [1.165, 1.54) is 32.0 Å². The number of rotatable bonds is 7. The van der Waals surface area contributed by atoms with Crippen LogP contribution in [0, 0.1) is 5.92 Å². The molecule has 0 radical (unpaired) electrons. The van der Waals surface area contributed by atoms with Gasteiger partial charge in [-0.05, 0) is 36.8 Å². The predicted molar refractivity (Wildman–Crippen MR) is 106 cm³/mol. The average molecular weight is 410 g/mol. The van der Waals surface area contributed by atoms with E-state index in [1.54, 1.807) is 37.4 Å². The van der Waals surface area contributed by atoms with Gasteiger partial charge in [0.05, 0.1) is 5.02 Å². The summed E-state index contributed by atoms with van der Waals surface area (Å²) >= 11 is 6.11. The highest BCUT2D eigenvalue weighted by Crippen LogP contribution is 2.39. The van der Waals surface area contributed by atoms with Gasteiger partial charge in [0.25, 0.3) is 5.92 Å². The third kappa shape index (κ3) is 5.66. The second-order valence-electron chi connectivity index (χ2n) is 6.61. The van der Waals surface area contributed by atoms with E-state index in [2.05, 4.69) is 10.3 Å². The lowest BCUT2D eigenvalue weighted by molar-refractivity contribution is -0.0513. The Morgan fingerprint density at radius 1 is 1.29 bits per heavy atom. The number of carbonyl (C=O) groups is 1. The second-order valence-corrected chi connectivity index (χ2v) is 7.02. The number of primary amides is 1. The van der Waals surface area contributed by atoms with E-state index in [0.29, 0.717) is 0 Å². The smallest absolute Gasteiger partial charge is 0.312 e. The molecule has 2 amide bonds. The van der Waals surface area contributed by atoms with Crippen LogP contribution in [0.1, 0.15) is 31.9 Å². The molecule has 1 aromatic heterocycles. The number of benzene rings is 1. The van der Waals surface area contributed by atoms with Gasteiger partial charge in [-0.1, -0.05) is 37.6 Å². The molecule has 2 aromatic rings. The largest absolute Gasteiger partial charge is 0.437 e. The van der Waals surface area contributed by atoms with Crippen LogP contribution in [0.3, 0.4) is 0 Å². The van der Waals surface area contributed by atoms with Gasteiger partial charge >= 0.3 is 6.03 Å². The van der Waals surface area contributed by atoms with Crippen molar-refractivity contribution >= 4 is 23.7 Å². The SMILES string of the molecule is CC(C)C(F)(F)c1ccc(Oc2ccc(/C=C/[C@H](C)NC(N)=O)cn2)c(Cl)c1. The molecule has 0 bridgehead atoms. The van der Waals surface area contributed by atoms with Gasteiger partial charge in [0.2, 0.25) is 5.88 Å². The van der Waals surface area contributed by atoms with Crippen LogP contribution in [0.15, 0.2) is 42.6 Å². The number of amides is 2. The van der Waals surface area contributed by atoms with Gasteiger partial charge in [-0.25, -0.2) is 18.6 Å². The Balaban J connectivity index is 2.08. The summed E-state index contributed by atoms with van der Waals surface area (Å²) in [7, 11) is 0. The number of nitrogens with two attached hydrogens (primary N) is 1. The van der Waals surface area contributed by atoms with Crippen LogP contribution in [0.25, 0.3) is 6.08 Å². The molecular weight excluding hydrogens is 388 g/mol. The first kappa shape index (κ1) is 21.6. The standard InChI is InChI=1S/C20H22ClF2N3O2/c1-12(2)20(22,23)15-7-8-17(16(21)10-15)28-18-9-6-14(11-25-18)5-4-13(3)26-19(24)27/h4-13H,1-3H3,(H3,24,26,27)/b5-4+/t13-/m0/s1. The molecule has 0 aliphatic heterocycles. The normalized spacial score (nSPS) is 13.0. The van der Waals surface area contributed by atoms with E-state index in [-0.39, 0.29) is 28.3 Å². The molecule has 150 valence electrons. The first-order valence-corrected chi connectivity index (χ1v) is 9.03. The first-order chi connectivity index (χ1) is 13.1. The number of halogens is 3. The topological polar surface area (TPSA) is 77.2 Å². The Bertz CT molecular complexity index is 855. The van der Waals surface area contributed by atoms with Gasteiger partial charge in [-0.15, -0.1) is 0 Å². The van der Waals surface area contributed by atoms with E-state index in [1.807, 2.05) is 0 Å². The molecule has 3 N–H and O–H groups in total. The maximum Gasteiger partial charge on any atom is 0.312 e. The number of ether oxygens (including phenoxy) is 1. The highest BCUT2D eigenvalue weighted by Gasteiger charge is 2.35. The van der Waals surface area contributed by atoms with Crippen LogP contribution in [-0.4, -0.2) is 17.1 Å². The van der Waals surface area contributed by atoms with E-state index >= 15 is 0 Å². The summed E-state index contributed by atoms with van der Waals surface area (Å²) in [5.74, 6) is -3.32. The Hall–Kier alpha value is -2.67. The number of aromatic nitrogens is 1. The summed E-state index contributed by atoms with van der Waals surface area (Å²) in [6.07, 6.45) is 5.10. The highest BCUT2D eigenvalue weighted by molar-refractivity contribution is 6.32. The fraction of sp³-hybridized carbons (Fsp3) is 0.300. The van der Waals surface area contributed by atoms with Crippen molar-refractivity contribution in [1.29, 1.82) is 0 Å². The quantitative estimate of drug-likeness (QED) is 0.647. The van der Waals surface area contributed by atoms with Crippen molar-refractivity contribution in [1.82, 2.24) is 10.3 Å². The zero-order valence-electron chi connectivity index (χ0n) is 15.7. The van der Waals surface area contributed by atoms with Crippen molar-refractivity contribution in [3.63, 3.8) is 0 Å². The molecule has 0 spiro atoms. The summed E-state index contributed by atoms with van der Waals surface area (Å²) < 4.78 is 33.8. The lowest BCUT2D eigenvalue weighted by atomic mass is 9.98. The zero-order chi connectivity index (χ0) is 20.9. The van der Waals surface area contributed by atoms with Crippen LogP contribution >= 0.6 is 11.6 Å². The summed E-state index contributed by atoms with van der Waals surface area (Å²) in [6.45, 7) is 4.67. The number of hydrogen-bond donors (Lipinski definition) is 2. The molecule has 1 heterocycles. The van der Waals surface area contributed by atoms with Crippen molar-refractivity contribution in [3.05, 3.63) is 58.8 Å². The highest BCUT2D eigenvalue weighted by atomic mass is 35.5. The third-order valence-corrected chi connectivity index (χ3v) is 4.26. The molecule has 0 fully saturated rings. The number of carbonyl (C=O) groups excluding carboxylic acids is 1. The summed E-state index contributed by atoms with van der Waals surface area (Å²) in [6, 6.07) is 6.46. The van der Waals surface area contributed by atoms with Crippen LogP contribution < -0.4 is 15.8 Å². The van der Waals surface area contributed by atoms with Gasteiger partial charge in [0, 0.05) is 29.8 Å². The van der Waals surface area contributed by atoms with Gasteiger partial charge in [0.1, 0.15) is 5.75 Å². The molecule has 5 nitrogen and oxygen atoms in total. The van der Waals surface area contributed by atoms with Gasteiger partial charge in [0.15, 0.2) is 0 Å². The molecule has 0 unspecified atom stereocenters. The van der Waals surface area contributed by atoms with Crippen molar-refractivity contribution in [2.75, 3.05) is 0 Å². The minimum absolute atomic E-state index is 0.0787. The Labute approximate surface area is 167 Å². The van der Waals surface area contributed by atoms with Gasteiger partial charge < -0.3 is 15.8 Å². The van der Waals surface area contributed by atoms with Gasteiger partial charge in [-0.3, -0.25) is 0 Å². The Kier molecular flexibility index (Phi) is 6.96. The average Bonchev–Trinajstić information content (AvgIpc) is 2.62. The molecule has 0 saturated heterocycles. The summed E-state index contributed by atoms with van der Waals surface area (Å²) in [5, 5.41) is 2.60. The number of hydrogen-bond acceptors (Lipinski definition) is 3. The van der Waals surface area contributed by atoms with Crippen LogP contribution in [0.5, 0.6) is 11.6 Å². The fourth-order valence-electron chi connectivity index (χ4n) is 2.32. The number of pyridine rings is 1. The number of nitrogens with one attached hydrogen (secondary N) is 1. The number of alkyl halides is 2. The number of nitrogens with zero attached hydrogens (tertiary/aromatic N) is 1. The van der Waals surface area contributed by atoms with Crippen molar-refractivity contribution in [3.8, 4) is 11.6 Å². The fourth-order valence-corrected chi connectivity index (χ4v) is 2.53. The van der Waals surface area contributed by atoms with Crippen molar-refractivity contribution in [2.24, 2.45) is 11.7 Å². The summed E-state index contributed by atoms with van der Waals surface area (Å²) in [4.78, 5) is 14.9. The van der Waals surface area contributed by atoms with Crippen molar-refractivity contribution in [2.45, 2.75) is 32.7 Å². The lowest BCUT2D eigenvalue weighted by Crippen LogP contribution is -2.35. The Morgan fingerprint density at radius 2 is 2.00 bits per heavy atom. The lowest BCUT2D eigenvalue weighted by Gasteiger charge is -2.21. The van der Waals surface area contributed by atoms with E-state index in [0.717, 1.165) is 5.56 Å². The number of urea groups is 1. The van der Waals surface area contributed by atoms with Crippen LogP contribution in [-0.2, 0) is 5.92 Å². The van der Waals surface area contributed by atoms with E-state index in [9.17, 15) is 13.6 Å². The molecule has 0 aliphatic carbocycles. The monoisotopic (exact) mass is 409 g/mol. The zero-order valence-corrected chi connectivity index (χ0v) is 16.5. The van der Waals surface area contributed by atoms with E-state index in [4.69, 9.17) is 22.1 Å². The molecule has 0 aliphatic rings. The third-order valence-electron chi connectivity index (χ3n) is 3.96. The van der Waals surface area contributed by atoms with Crippen LogP contribution in [0.4, 0.5) is 13.6 Å². The molecule has 28 heavy (non-hydrogen) atoms. The molecule has 1 atom stereocenters. The maximum absolute atomic E-state index is 14.1. The summed E-state index contributed by atoms with van der Waals surface area (Å²) in [5.41, 5.74) is 5.67. The minimum atomic E-state index is -2.98. The predicted octanol–water partition coefficient (Wildman–Crippen LogP) is 5.35. The van der Waals surface area contributed by atoms with E-state index < -0.39 is 17.9 Å². The molecule has 1 aromatic carbocycles. The first-order valence-electron chi connectivity index (χ1n) is 8.65. The Morgan fingerprint density at radius 3 is 2.54 bits per heavy atom.